The molecule has 2 N–H and O–H groups in total. The fraction of sp³-hybridized carbons (Fsp3) is 0.500. The Morgan fingerprint density at radius 2 is 2.33 bits per heavy atom. The van der Waals surface area contributed by atoms with Crippen LogP contribution in [0.15, 0.2) is 24.3 Å². The largest absolute Gasteiger partial charge is 0.497 e. The van der Waals surface area contributed by atoms with Crippen molar-refractivity contribution in [2.45, 2.75) is 25.8 Å². The fourth-order valence-corrected chi connectivity index (χ4v) is 2.32. The van der Waals surface area contributed by atoms with Crippen LogP contribution in [0.4, 0.5) is 5.69 Å². The lowest BCUT2D eigenvalue weighted by Gasteiger charge is -2.27. The summed E-state index contributed by atoms with van der Waals surface area (Å²) in [5.41, 5.74) is 0.797. The highest BCUT2D eigenvalue weighted by Gasteiger charge is 2.24. The average molecular weight is 248 g/mol. The molecule has 1 aliphatic heterocycles. The number of carbonyl (C=O) groups excluding carboxylic acids is 1. The molecule has 18 heavy (non-hydrogen) atoms. The van der Waals surface area contributed by atoms with E-state index < -0.39 is 0 Å². The Bertz CT molecular complexity index is 420. The molecule has 2 atom stereocenters. The minimum absolute atomic E-state index is 0.104. The molecule has 1 aromatic carbocycles. The van der Waals surface area contributed by atoms with Crippen LogP contribution in [0.5, 0.6) is 5.75 Å². The summed E-state index contributed by atoms with van der Waals surface area (Å²) in [5, 5.41) is 6.31. The lowest BCUT2D eigenvalue weighted by molar-refractivity contribution is -0.120. The van der Waals surface area contributed by atoms with Gasteiger partial charge >= 0.3 is 0 Å². The molecule has 0 unspecified atom stereocenters. The van der Waals surface area contributed by atoms with Crippen molar-refractivity contribution in [1.82, 2.24) is 5.32 Å². The molecular formula is C14H20N2O2. The van der Waals surface area contributed by atoms with Gasteiger partial charge in [-0.15, -0.1) is 0 Å². The van der Waals surface area contributed by atoms with Crippen LogP contribution in [0.3, 0.4) is 0 Å². The van der Waals surface area contributed by atoms with Crippen LogP contribution in [-0.2, 0) is 4.79 Å². The molecule has 0 aliphatic carbocycles. The standard InChI is InChI=1S/C14H20N2O2/c1-10-8-11(6-7-15-10)14(17)16-12-4-3-5-13(9-12)18-2/h3-5,9-11,15H,6-8H2,1-2H3,(H,16,17)/t10-,11-/m0/s1. The maximum atomic E-state index is 12.1. The first-order valence-corrected chi connectivity index (χ1v) is 6.37. The number of anilines is 1. The van der Waals surface area contributed by atoms with Gasteiger partial charge in [0, 0.05) is 23.7 Å². The van der Waals surface area contributed by atoms with Gasteiger partial charge in [-0.2, -0.15) is 0 Å². The summed E-state index contributed by atoms with van der Waals surface area (Å²) in [6, 6.07) is 7.87. The normalized spacial score (nSPS) is 23.4. The van der Waals surface area contributed by atoms with Gasteiger partial charge in [0.15, 0.2) is 0 Å². The van der Waals surface area contributed by atoms with Crippen molar-refractivity contribution >= 4 is 11.6 Å². The van der Waals surface area contributed by atoms with Gasteiger partial charge in [-0.3, -0.25) is 4.79 Å². The highest BCUT2D eigenvalue weighted by atomic mass is 16.5. The number of piperidine rings is 1. The molecule has 1 aliphatic rings. The van der Waals surface area contributed by atoms with E-state index in [2.05, 4.69) is 17.6 Å². The molecule has 4 heteroatoms. The zero-order valence-corrected chi connectivity index (χ0v) is 10.9. The Morgan fingerprint density at radius 1 is 1.50 bits per heavy atom. The zero-order valence-electron chi connectivity index (χ0n) is 10.9. The second kappa shape index (κ2) is 5.87. The van der Waals surface area contributed by atoms with E-state index in [4.69, 9.17) is 4.74 Å². The van der Waals surface area contributed by atoms with Crippen LogP contribution in [0.1, 0.15) is 19.8 Å². The summed E-state index contributed by atoms with van der Waals surface area (Å²) in [7, 11) is 1.62. The van der Waals surface area contributed by atoms with Crippen molar-refractivity contribution in [2.24, 2.45) is 5.92 Å². The highest BCUT2D eigenvalue weighted by Crippen LogP contribution is 2.21. The van der Waals surface area contributed by atoms with Crippen LogP contribution in [0.2, 0.25) is 0 Å². The minimum Gasteiger partial charge on any atom is -0.497 e. The van der Waals surface area contributed by atoms with Gasteiger partial charge < -0.3 is 15.4 Å². The van der Waals surface area contributed by atoms with Crippen LogP contribution >= 0.6 is 0 Å². The molecule has 0 spiro atoms. The summed E-state index contributed by atoms with van der Waals surface area (Å²) in [5.74, 6) is 0.968. The molecule has 0 saturated carbocycles. The van der Waals surface area contributed by atoms with Crippen molar-refractivity contribution in [3.8, 4) is 5.75 Å². The highest BCUT2D eigenvalue weighted by molar-refractivity contribution is 5.92. The van der Waals surface area contributed by atoms with Crippen molar-refractivity contribution in [3.05, 3.63) is 24.3 Å². The lowest BCUT2D eigenvalue weighted by Crippen LogP contribution is -2.40. The Labute approximate surface area is 108 Å². The Kier molecular flexibility index (Phi) is 4.20. The fourth-order valence-electron chi connectivity index (χ4n) is 2.32. The van der Waals surface area contributed by atoms with E-state index in [9.17, 15) is 4.79 Å². The minimum atomic E-state index is 0.104. The molecule has 0 radical (unpaired) electrons. The van der Waals surface area contributed by atoms with Crippen molar-refractivity contribution < 1.29 is 9.53 Å². The second-order valence-corrected chi connectivity index (χ2v) is 4.80. The van der Waals surface area contributed by atoms with Crippen molar-refractivity contribution in [3.63, 3.8) is 0 Å². The van der Waals surface area contributed by atoms with Gasteiger partial charge in [-0.1, -0.05) is 6.07 Å². The number of nitrogens with one attached hydrogen (secondary N) is 2. The molecule has 1 heterocycles. The number of amides is 1. The first kappa shape index (κ1) is 12.9. The third-order valence-corrected chi connectivity index (χ3v) is 3.33. The van der Waals surface area contributed by atoms with E-state index in [-0.39, 0.29) is 11.8 Å². The van der Waals surface area contributed by atoms with Gasteiger partial charge in [0.05, 0.1) is 7.11 Å². The predicted molar refractivity (Wildman–Crippen MR) is 71.8 cm³/mol. The quantitative estimate of drug-likeness (QED) is 0.860. The molecule has 1 saturated heterocycles. The number of ether oxygens (including phenoxy) is 1. The molecular weight excluding hydrogens is 228 g/mol. The first-order valence-electron chi connectivity index (χ1n) is 6.37. The maximum absolute atomic E-state index is 12.1. The van der Waals surface area contributed by atoms with E-state index in [1.807, 2.05) is 24.3 Å². The molecule has 4 nitrogen and oxygen atoms in total. The number of benzene rings is 1. The molecule has 0 aromatic heterocycles. The molecule has 1 aromatic rings. The van der Waals surface area contributed by atoms with E-state index in [1.54, 1.807) is 7.11 Å². The summed E-state index contributed by atoms with van der Waals surface area (Å²) < 4.78 is 5.14. The van der Waals surface area contributed by atoms with Gasteiger partial charge in [-0.25, -0.2) is 0 Å². The van der Waals surface area contributed by atoms with Gasteiger partial charge in [-0.05, 0) is 38.4 Å². The first-order chi connectivity index (χ1) is 8.69. The van der Waals surface area contributed by atoms with Crippen molar-refractivity contribution in [2.75, 3.05) is 19.0 Å². The SMILES string of the molecule is COc1cccc(NC(=O)[C@H]2CCN[C@@H](C)C2)c1. The smallest absolute Gasteiger partial charge is 0.227 e. The van der Waals surface area contributed by atoms with Crippen molar-refractivity contribution in [1.29, 1.82) is 0 Å². The number of hydrogen-bond acceptors (Lipinski definition) is 3. The van der Waals surface area contributed by atoms with Gasteiger partial charge in [0.1, 0.15) is 5.75 Å². The van der Waals surface area contributed by atoms with E-state index in [0.29, 0.717) is 6.04 Å². The molecule has 0 bridgehead atoms. The second-order valence-electron chi connectivity index (χ2n) is 4.80. The molecule has 1 fully saturated rings. The Balaban J connectivity index is 1.97. The third-order valence-electron chi connectivity index (χ3n) is 3.33. The Morgan fingerprint density at radius 3 is 3.06 bits per heavy atom. The number of methoxy groups -OCH3 is 1. The van der Waals surface area contributed by atoms with E-state index in [1.165, 1.54) is 0 Å². The predicted octanol–water partition coefficient (Wildman–Crippen LogP) is 2.02. The maximum Gasteiger partial charge on any atom is 0.227 e. The number of rotatable bonds is 3. The molecule has 1 amide bonds. The topological polar surface area (TPSA) is 50.4 Å². The third kappa shape index (κ3) is 3.23. The van der Waals surface area contributed by atoms with Crippen LogP contribution in [0.25, 0.3) is 0 Å². The molecule has 2 rings (SSSR count). The average Bonchev–Trinajstić information content (AvgIpc) is 2.39. The molecule has 98 valence electrons. The van der Waals surface area contributed by atoms with Crippen LogP contribution in [-0.4, -0.2) is 25.6 Å². The lowest BCUT2D eigenvalue weighted by atomic mass is 9.92. The van der Waals surface area contributed by atoms with Gasteiger partial charge in [0.2, 0.25) is 5.91 Å². The van der Waals surface area contributed by atoms with E-state index in [0.717, 1.165) is 30.8 Å². The summed E-state index contributed by atoms with van der Waals surface area (Å²) in [6.07, 6.45) is 1.80. The zero-order chi connectivity index (χ0) is 13.0. The summed E-state index contributed by atoms with van der Waals surface area (Å²) in [4.78, 5) is 12.1. The van der Waals surface area contributed by atoms with Gasteiger partial charge in [0.25, 0.3) is 0 Å². The van der Waals surface area contributed by atoms with E-state index >= 15 is 0 Å². The number of carbonyl (C=O) groups is 1. The Hall–Kier alpha value is -1.55. The summed E-state index contributed by atoms with van der Waals surface area (Å²) in [6.45, 7) is 3.03. The van der Waals surface area contributed by atoms with Crippen LogP contribution < -0.4 is 15.4 Å². The monoisotopic (exact) mass is 248 g/mol. The number of hydrogen-bond donors (Lipinski definition) is 2. The summed E-state index contributed by atoms with van der Waals surface area (Å²) >= 11 is 0. The van der Waals surface area contributed by atoms with Crippen LogP contribution in [0, 0.1) is 5.92 Å².